The number of fused-ring (bicyclic) bond motifs is 1. The van der Waals surface area contributed by atoms with Crippen LogP contribution in [-0.2, 0) is 33.9 Å². The third-order valence-electron chi connectivity index (χ3n) is 6.69. The number of amides is 1. The van der Waals surface area contributed by atoms with Gasteiger partial charge in [-0.3, -0.25) is 4.79 Å². The van der Waals surface area contributed by atoms with E-state index in [4.69, 9.17) is 9.47 Å². The summed E-state index contributed by atoms with van der Waals surface area (Å²) >= 11 is 0. The molecule has 4 aromatic rings. The molecule has 39 heavy (non-hydrogen) atoms. The van der Waals surface area contributed by atoms with Crippen LogP contribution in [0, 0.1) is 0 Å². The Morgan fingerprint density at radius 3 is 2.28 bits per heavy atom. The maximum atomic E-state index is 13.2. The number of ether oxygens (including phenoxy) is 2. The van der Waals surface area contributed by atoms with Crippen LogP contribution in [0.4, 0.5) is 0 Å². The first kappa shape index (κ1) is 27.7. The predicted octanol–water partition coefficient (Wildman–Crippen LogP) is 6.28. The molecule has 0 atom stereocenters. The molecule has 1 heterocycles. The van der Waals surface area contributed by atoms with Crippen molar-refractivity contribution in [3.05, 3.63) is 107 Å². The second-order valence-electron chi connectivity index (χ2n) is 9.46. The molecule has 3 aromatic carbocycles. The van der Waals surface area contributed by atoms with Crippen molar-refractivity contribution in [1.82, 2.24) is 9.47 Å². The van der Waals surface area contributed by atoms with Gasteiger partial charge in [-0.05, 0) is 55.2 Å². The SMILES string of the molecule is CCOC(=O)/C(=C/c1cn(CC(=O)N(C)CCc2ccccc2)c2ccc(OCc3ccccc3)cc12)CC. The van der Waals surface area contributed by atoms with E-state index >= 15 is 0 Å². The molecule has 0 unspecified atom stereocenters. The summed E-state index contributed by atoms with van der Waals surface area (Å²) in [5.74, 6) is 0.414. The summed E-state index contributed by atoms with van der Waals surface area (Å²) in [4.78, 5) is 27.5. The minimum atomic E-state index is -0.325. The van der Waals surface area contributed by atoms with E-state index < -0.39 is 0 Å². The van der Waals surface area contributed by atoms with E-state index in [2.05, 4.69) is 12.1 Å². The van der Waals surface area contributed by atoms with Gasteiger partial charge in [-0.15, -0.1) is 0 Å². The summed E-state index contributed by atoms with van der Waals surface area (Å²) in [7, 11) is 1.84. The van der Waals surface area contributed by atoms with Crippen LogP contribution < -0.4 is 4.74 Å². The molecule has 1 aromatic heterocycles. The molecule has 0 fully saturated rings. The molecule has 0 radical (unpaired) electrons. The molecule has 0 saturated heterocycles. The van der Waals surface area contributed by atoms with Gasteiger partial charge in [0.2, 0.25) is 5.91 Å². The van der Waals surface area contributed by atoms with E-state index in [1.807, 2.05) is 97.5 Å². The van der Waals surface area contributed by atoms with Gasteiger partial charge >= 0.3 is 5.97 Å². The molecule has 202 valence electrons. The highest BCUT2D eigenvalue weighted by Gasteiger charge is 2.16. The van der Waals surface area contributed by atoms with Gasteiger partial charge in [0.15, 0.2) is 0 Å². The Morgan fingerprint density at radius 2 is 1.62 bits per heavy atom. The molecule has 6 heteroatoms. The summed E-state index contributed by atoms with van der Waals surface area (Å²) in [5, 5.41) is 0.913. The zero-order chi connectivity index (χ0) is 27.6. The molecule has 0 N–H and O–H groups in total. The summed E-state index contributed by atoms with van der Waals surface area (Å²) in [6, 6.07) is 26.0. The van der Waals surface area contributed by atoms with Gasteiger partial charge in [-0.1, -0.05) is 67.6 Å². The number of hydrogen-bond donors (Lipinski definition) is 0. The lowest BCUT2D eigenvalue weighted by atomic mass is 10.1. The molecule has 0 saturated carbocycles. The first-order valence-corrected chi connectivity index (χ1v) is 13.4. The minimum absolute atomic E-state index is 0.0175. The minimum Gasteiger partial charge on any atom is -0.489 e. The van der Waals surface area contributed by atoms with Crippen molar-refractivity contribution in [3.63, 3.8) is 0 Å². The normalized spacial score (nSPS) is 11.4. The molecular weight excluding hydrogens is 488 g/mol. The number of esters is 1. The lowest BCUT2D eigenvalue weighted by Crippen LogP contribution is -2.31. The molecule has 4 rings (SSSR count). The molecule has 0 spiro atoms. The Hall–Kier alpha value is -4.32. The molecular formula is C33H36N2O4. The van der Waals surface area contributed by atoms with Crippen LogP contribution in [0.15, 0.2) is 90.6 Å². The monoisotopic (exact) mass is 524 g/mol. The lowest BCUT2D eigenvalue weighted by molar-refractivity contribution is -0.138. The molecule has 0 aliphatic rings. The Labute approximate surface area is 230 Å². The highest BCUT2D eigenvalue weighted by Crippen LogP contribution is 2.29. The molecule has 6 nitrogen and oxygen atoms in total. The fraction of sp³-hybridized carbons (Fsp3) is 0.273. The van der Waals surface area contributed by atoms with Crippen molar-refractivity contribution in [2.75, 3.05) is 20.2 Å². The van der Waals surface area contributed by atoms with E-state index in [0.29, 0.717) is 31.8 Å². The van der Waals surface area contributed by atoms with Gasteiger partial charge < -0.3 is 18.9 Å². The van der Waals surface area contributed by atoms with Gasteiger partial charge in [0.1, 0.15) is 18.9 Å². The van der Waals surface area contributed by atoms with Crippen molar-refractivity contribution >= 4 is 28.9 Å². The van der Waals surface area contributed by atoms with Gasteiger partial charge in [-0.25, -0.2) is 4.79 Å². The number of nitrogens with zero attached hydrogens (tertiary/aromatic N) is 2. The topological polar surface area (TPSA) is 60.8 Å². The van der Waals surface area contributed by atoms with E-state index in [9.17, 15) is 9.59 Å². The smallest absolute Gasteiger partial charge is 0.333 e. The van der Waals surface area contributed by atoms with Crippen molar-refractivity contribution < 1.29 is 19.1 Å². The van der Waals surface area contributed by atoms with Gasteiger partial charge in [-0.2, -0.15) is 0 Å². The molecule has 0 bridgehead atoms. The lowest BCUT2D eigenvalue weighted by Gasteiger charge is -2.18. The van der Waals surface area contributed by atoms with E-state index in [1.165, 1.54) is 5.56 Å². The molecule has 0 aliphatic heterocycles. The maximum Gasteiger partial charge on any atom is 0.333 e. The molecule has 0 aliphatic carbocycles. The zero-order valence-electron chi connectivity index (χ0n) is 22.9. The Balaban J connectivity index is 1.60. The largest absolute Gasteiger partial charge is 0.489 e. The second kappa shape index (κ2) is 13.5. The van der Waals surface area contributed by atoms with Crippen LogP contribution in [0.1, 0.15) is 37.0 Å². The average Bonchev–Trinajstić information content (AvgIpc) is 3.30. The van der Waals surface area contributed by atoms with E-state index in [0.717, 1.165) is 34.2 Å². The van der Waals surface area contributed by atoms with Gasteiger partial charge in [0.05, 0.1) is 6.61 Å². The van der Waals surface area contributed by atoms with Crippen LogP contribution in [0.2, 0.25) is 0 Å². The van der Waals surface area contributed by atoms with Crippen LogP contribution in [0.25, 0.3) is 17.0 Å². The number of aromatic nitrogens is 1. The molecule has 1 amide bonds. The van der Waals surface area contributed by atoms with Gasteiger partial charge in [0.25, 0.3) is 0 Å². The van der Waals surface area contributed by atoms with Crippen LogP contribution >= 0.6 is 0 Å². The van der Waals surface area contributed by atoms with Crippen molar-refractivity contribution in [2.45, 2.75) is 39.8 Å². The number of benzene rings is 3. The fourth-order valence-corrected chi connectivity index (χ4v) is 4.43. The van der Waals surface area contributed by atoms with E-state index in [-0.39, 0.29) is 18.4 Å². The van der Waals surface area contributed by atoms with E-state index in [1.54, 1.807) is 11.8 Å². The maximum absolute atomic E-state index is 13.2. The summed E-state index contributed by atoms with van der Waals surface area (Å²) in [6.45, 7) is 5.33. The first-order valence-electron chi connectivity index (χ1n) is 13.4. The van der Waals surface area contributed by atoms with Crippen LogP contribution in [0.5, 0.6) is 5.75 Å². The van der Waals surface area contributed by atoms with Crippen molar-refractivity contribution in [3.8, 4) is 5.75 Å². The number of hydrogen-bond acceptors (Lipinski definition) is 4. The zero-order valence-corrected chi connectivity index (χ0v) is 22.9. The highest BCUT2D eigenvalue weighted by atomic mass is 16.5. The third kappa shape index (κ3) is 7.38. The van der Waals surface area contributed by atoms with Crippen LogP contribution in [0.3, 0.4) is 0 Å². The third-order valence-corrected chi connectivity index (χ3v) is 6.69. The summed E-state index contributed by atoms with van der Waals surface area (Å²) in [6.07, 6.45) is 5.13. The number of rotatable bonds is 12. The van der Waals surface area contributed by atoms with Crippen LogP contribution in [-0.4, -0.2) is 41.5 Å². The fourth-order valence-electron chi connectivity index (χ4n) is 4.43. The predicted molar refractivity (Wildman–Crippen MR) is 155 cm³/mol. The number of carbonyl (C=O) groups excluding carboxylic acids is 2. The number of likely N-dealkylation sites (N-methyl/N-ethyl adjacent to an activating group) is 1. The van der Waals surface area contributed by atoms with Crippen molar-refractivity contribution in [1.29, 1.82) is 0 Å². The summed E-state index contributed by atoms with van der Waals surface area (Å²) < 4.78 is 13.3. The highest BCUT2D eigenvalue weighted by molar-refractivity contribution is 5.98. The average molecular weight is 525 g/mol. The summed E-state index contributed by atoms with van der Waals surface area (Å²) in [5.41, 5.74) is 4.61. The number of carbonyl (C=O) groups is 2. The van der Waals surface area contributed by atoms with Gasteiger partial charge in [0, 0.05) is 41.8 Å². The Morgan fingerprint density at radius 1 is 0.923 bits per heavy atom. The second-order valence-corrected chi connectivity index (χ2v) is 9.46. The Bertz CT molecular complexity index is 1420. The Kier molecular flexibility index (Phi) is 9.57. The quantitative estimate of drug-likeness (QED) is 0.162. The van der Waals surface area contributed by atoms with Crippen molar-refractivity contribution in [2.24, 2.45) is 0 Å². The first-order chi connectivity index (χ1) is 19.0. The standard InChI is InChI=1S/C33H36N2O4/c1-4-27(33(37)38-5-2)20-28-22-35(23-32(36)34(3)19-18-25-12-8-6-9-13-25)31-17-16-29(21-30(28)31)39-24-26-14-10-7-11-15-26/h6-17,20-22H,4-5,18-19,23-24H2,1-3H3/b27-20+.